The van der Waals surface area contributed by atoms with Crippen LogP contribution in [-0.4, -0.2) is 31.7 Å². The van der Waals surface area contributed by atoms with E-state index >= 15 is 0 Å². The molecule has 0 bridgehead atoms. The van der Waals surface area contributed by atoms with Gasteiger partial charge in [0.1, 0.15) is 0 Å². The van der Waals surface area contributed by atoms with Gasteiger partial charge in [0.2, 0.25) is 10.0 Å². The van der Waals surface area contributed by atoms with E-state index in [0.717, 1.165) is 29.3 Å². The van der Waals surface area contributed by atoms with Crippen LogP contribution in [0.25, 0.3) is 10.8 Å². The highest BCUT2D eigenvalue weighted by molar-refractivity contribution is 7.89. The lowest BCUT2D eigenvalue weighted by molar-refractivity contribution is 0.102. The summed E-state index contributed by atoms with van der Waals surface area (Å²) in [7, 11) is -1.90. The van der Waals surface area contributed by atoms with E-state index in [9.17, 15) is 13.2 Å². The molecule has 1 saturated carbocycles. The number of hydrogen-bond donors (Lipinski definition) is 1. The number of nitrogens with one attached hydrogen (secondary N) is 1. The molecule has 6 heteroatoms. The van der Waals surface area contributed by atoms with Gasteiger partial charge in [-0.05, 0) is 48.6 Å². The maximum absolute atomic E-state index is 12.6. The van der Waals surface area contributed by atoms with Gasteiger partial charge in [-0.15, -0.1) is 0 Å². The Hall–Kier alpha value is -2.70. The molecule has 0 unspecified atom stereocenters. The monoisotopic (exact) mass is 380 g/mol. The number of carbonyl (C=O) groups is 1. The molecule has 0 aliphatic heterocycles. The molecular formula is C21H20N2O3S. The van der Waals surface area contributed by atoms with E-state index in [0.29, 0.717) is 5.56 Å². The fourth-order valence-corrected chi connectivity index (χ4v) is 4.52. The van der Waals surface area contributed by atoms with Crippen molar-refractivity contribution in [3.05, 3.63) is 72.3 Å². The molecular weight excluding hydrogens is 360 g/mol. The summed E-state index contributed by atoms with van der Waals surface area (Å²) >= 11 is 0. The summed E-state index contributed by atoms with van der Waals surface area (Å²) in [6.45, 7) is 0. The first-order chi connectivity index (χ1) is 13.0. The summed E-state index contributed by atoms with van der Waals surface area (Å²) in [5.74, 6) is -0.272. The third-order valence-electron chi connectivity index (χ3n) is 4.89. The van der Waals surface area contributed by atoms with Crippen molar-refractivity contribution in [3.63, 3.8) is 0 Å². The lowest BCUT2D eigenvalue weighted by Crippen LogP contribution is -2.29. The van der Waals surface area contributed by atoms with Gasteiger partial charge >= 0.3 is 0 Å². The molecule has 0 saturated heterocycles. The summed E-state index contributed by atoms with van der Waals surface area (Å²) in [4.78, 5) is 12.8. The number of hydrogen-bond acceptors (Lipinski definition) is 3. The average Bonchev–Trinajstić information content (AvgIpc) is 3.53. The van der Waals surface area contributed by atoms with Gasteiger partial charge in [0.25, 0.3) is 5.91 Å². The molecule has 138 valence electrons. The van der Waals surface area contributed by atoms with E-state index in [1.165, 1.54) is 16.4 Å². The van der Waals surface area contributed by atoms with E-state index in [2.05, 4.69) is 5.32 Å². The minimum atomic E-state index is -3.50. The molecule has 0 heterocycles. The predicted octanol–water partition coefficient (Wildman–Crippen LogP) is 3.88. The van der Waals surface area contributed by atoms with Crippen LogP contribution < -0.4 is 5.32 Å². The third kappa shape index (κ3) is 3.46. The fraction of sp³-hybridized carbons (Fsp3) is 0.190. The number of fused-ring (bicyclic) bond motifs is 1. The Kier molecular flexibility index (Phi) is 4.45. The van der Waals surface area contributed by atoms with E-state index in [-0.39, 0.29) is 16.8 Å². The van der Waals surface area contributed by atoms with Crippen LogP contribution >= 0.6 is 0 Å². The Morgan fingerprint density at radius 2 is 1.63 bits per heavy atom. The van der Waals surface area contributed by atoms with Crippen LogP contribution in [-0.2, 0) is 10.0 Å². The first-order valence-electron chi connectivity index (χ1n) is 8.84. The van der Waals surface area contributed by atoms with Crippen molar-refractivity contribution in [3.8, 4) is 0 Å². The van der Waals surface area contributed by atoms with Crippen molar-refractivity contribution in [1.82, 2.24) is 4.31 Å². The highest BCUT2D eigenvalue weighted by Gasteiger charge is 2.34. The van der Waals surface area contributed by atoms with E-state index in [4.69, 9.17) is 0 Å². The van der Waals surface area contributed by atoms with E-state index in [1.54, 1.807) is 19.2 Å². The molecule has 1 N–H and O–H groups in total. The van der Waals surface area contributed by atoms with Gasteiger partial charge in [-0.2, -0.15) is 4.31 Å². The second-order valence-corrected chi connectivity index (χ2v) is 8.76. The molecule has 0 spiro atoms. The molecule has 4 rings (SSSR count). The van der Waals surface area contributed by atoms with Crippen LogP contribution in [0.4, 0.5) is 5.69 Å². The third-order valence-corrected chi connectivity index (χ3v) is 6.82. The molecule has 0 aromatic heterocycles. The molecule has 27 heavy (non-hydrogen) atoms. The van der Waals surface area contributed by atoms with Gasteiger partial charge in [-0.3, -0.25) is 4.79 Å². The summed E-state index contributed by atoms with van der Waals surface area (Å²) in [6.07, 6.45) is 1.81. The number of sulfonamides is 1. The largest absolute Gasteiger partial charge is 0.321 e. The minimum absolute atomic E-state index is 0.101. The summed E-state index contributed by atoms with van der Waals surface area (Å²) in [5, 5.41) is 4.91. The number of amides is 1. The molecule has 3 aromatic carbocycles. The van der Waals surface area contributed by atoms with Gasteiger partial charge in [0.15, 0.2) is 0 Å². The summed E-state index contributed by atoms with van der Waals surface area (Å²) < 4.78 is 26.5. The van der Waals surface area contributed by atoms with Crippen LogP contribution in [0.3, 0.4) is 0 Å². The van der Waals surface area contributed by atoms with Crippen LogP contribution in [0.1, 0.15) is 23.2 Å². The molecule has 3 aromatic rings. The van der Waals surface area contributed by atoms with Crippen LogP contribution in [0, 0.1) is 0 Å². The maximum atomic E-state index is 12.6. The minimum Gasteiger partial charge on any atom is -0.321 e. The second kappa shape index (κ2) is 6.79. The first-order valence-corrected chi connectivity index (χ1v) is 10.3. The van der Waals surface area contributed by atoms with Crippen molar-refractivity contribution < 1.29 is 13.2 Å². The Balaban J connectivity index is 1.56. The highest BCUT2D eigenvalue weighted by atomic mass is 32.2. The molecule has 0 atom stereocenters. The molecule has 1 aliphatic rings. The van der Waals surface area contributed by atoms with Gasteiger partial charge in [0, 0.05) is 29.7 Å². The number of nitrogens with zero attached hydrogens (tertiary/aromatic N) is 1. The molecule has 1 amide bonds. The summed E-state index contributed by atoms with van der Waals surface area (Å²) in [6, 6.07) is 19.7. The van der Waals surface area contributed by atoms with Crippen LogP contribution in [0.15, 0.2) is 71.6 Å². The topological polar surface area (TPSA) is 66.5 Å². The van der Waals surface area contributed by atoms with Crippen molar-refractivity contribution in [2.45, 2.75) is 23.8 Å². The zero-order valence-electron chi connectivity index (χ0n) is 14.9. The summed E-state index contributed by atoms with van der Waals surface area (Å²) in [5.41, 5.74) is 1.14. The zero-order valence-corrected chi connectivity index (χ0v) is 15.7. The molecule has 1 aliphatic carbocycles. The SMILES string of the molecule is CN(C1CC1)S(=O)(=O)c1ccc(C(=O)Nc2cccc3ccccc23)cc1. The van der Waals surface area contributed by atoms with Crippen molar-refractivity contribution in [2.24, 2.45) is 0 Å². The number of rotatable bonds is 5. The standard InChI is InChI=1S/C21H20N2O3S/c1-23(17-11-12-17)27(25,26)18-13-9-16(10-14-18)21(24)22-20-8-4-6-15-5-2-3-7-19(15)20/h2-10,13-14,17H,11-12H2,1H3,(H,22,24). The highest BCUT2D eigenvalue weighted by Crippen LogP contribution is 2.30. The Morgan fingerprint density at radius 1 is 0.963 bits per heavy atom. The fourth-order valence-electron chi connectivity index (χ4n) is 3.11. The molecule has 5 nitrogen and oxygen atoms in total. The van der Waals surface area contributed by atoms with Gasteiger partial charge in [0.05, 0.1) is 4.90 Å². The number of carbonyl (C=O) groups excluding carboxylic acids is 1. The van der Waals surface area contributed by atoms with Gasteiger partial charge in [-0.25, -0.2) is 8.42 Å². The van der Waals surface area contributed by atoms with Crippen molar-refractivity contribution in [1.29, 1.82) is 0 Å². The van der Waals surface area contributed by atoms with Gasteiger partial charge < -0.3 is 5.32 Å². The molecule has 0 radical (unpaired) electrons. The van der Waals surface area contributed by atoms with Crippen LogP contribution in [0.5, 0.6) is 0 Å². The molecule has 1 fully saturated rings. The van der Waals surface area contributed by atoms with Crippen molar-refractivity contribution >= 4 is 32.4 Å². The Labute approximate surface area is 158 Å². The lowest BCUT2D eigenvalue weighted by Gasteiger charge is -2.16. The average molecular weight is 380 g/mol. The first kappa shape index (κ1) is 17.7. The Morgan fingerprint density at radius 3 is 2.33 bits per heavy atom. The van der Waals surface area contributed by atoms with Gasteiger partial charge in [-0.1, -0.05) is 36.4 Å². The van der Waals surface area contributed by atoms with E-state index in [1.807, 2.05) is 42.5 Å². The number of anilines is 1. The quantitative estimate of drug-likeness (QED) is 0.731. The maximum Gasteiger partial charge on any atom is 0.255 e. The second-order valence-electron chi connectivity index (χ2n) is 6.76. The van der Waals surface area contributed by atoms with Crippen LogP contribution in [0.2, 0.25) is 0 Å². The lowest BCUT2D eigenvalue weighted by atomic mass is 10.1. The van der Waals surface area contributed by atoms with Crippen molar-refractivity contribution in [2.75, 3.05) is 12.4 Å². The smallest absolute Gasteiger partial charge is 0.255 e. The normalized spacial score (nSPS) is 14.4. The Bertz CT molecular complexity index is 1100. The predicted molar refractivity (Wildman–Crippen MR) is 106 cm³/mol. The zero-order chi connectivity index (χ0) is 19.0. The van der Waals surface area contributed by atoms with E-state index < -0.39 is 10.0 Å². The number of benzene rings is 3.